The van der Waals surface area contributed by atoms with Gasteiger partial charge >= 0.3 is 5.97 Å². The Bertz CT molecular complexity index is 1210. The fourth-order valence-electron chi connectivity index (χ4n) is 3.25. The van der Waals surface area contributed by atoms with Crippen LogP contribution >= 0.6 is 11.3 Å². The lowest BCUT2D eigenvalue weighted by atomic mass is 10.1. The van der Waals surface area contributed by atoms with Gasteiger partial charge in [0.25, 0.3) is 0 Å². The summed E-state index contributed by atoms with van der Waals surface area (Å²) in [4.78, 5) is 35.5. The van der Waals surface area contributed by atoms with E-state index in [1.165, 1.54) is 24.5 Å². The van der Waals surface area contributed by atoms with Crippen LogP contribution < -0.4 is 26.3 Å². The molecular formula is C24H27N3O6S. The Morgan fingerprint density at radius 1 is 1.03 bits per heavy atom. The van der Waals surface area contributed by atoms with E-state index in [1.807, 2.05) is 12.1 Å². The summed E-state index contributed by atoms with van der Waals surface area (Å²) >= 11 is 1.35. The third kappa shape index (κ3) is 6.16. The van der Waals surface area contributed by atoms with Gasteiger partial charge in [-0.3, -0.25) is 14.4 Å². The van der Waals surface area contributed by atoms with Crippen molar-refractivity contribution < 1.29 is 28.6 Å². The summed E-state index contributed by atoms with van der Waals surface area (Å²) in [5, 5.41) is 4.07. The normalized spacial score (nSPS) is 10.6. The average molecular weight is 486 g/mol. The van der Waals surface area contributed by atoms with E-state index in [1.54, 1.807) is 25.3 Å². The van der Waals surface area contributed by atoms with Crippen molar-refractivity contribution in [3.63, 3.8) is 0 Å². The Balaban J connectivity index is 1.58. The maximum absolute atomic E-state index is 12.4. The van der Waals surface area contributed by atoms with Crippen LogP contribution in [0.25, 0.3) is 10.1 Å². The largest absolute Gasteiger partial charge is 0.493 e. The second-order valence-electron chi connectivity index (χ2n) is 7.45. The van der Waals surface area contributed by atoms with E-state index in [0.717, 1.165) is 10.1 Å². The molecule has 1 amide bonds. The zero-order valence-electron chi connectivity index (χ0n) is 19.0. The molecule has 0 aliphatic rings. The van der Waals surface area contributed by atoms with E-state index in [2.05, 4.69) is 10.1 Å². The highest BCUT2D eigenvalue weighted by molar-refractivity contribution is 7.20. The molecule has 0 aliphatic carbocycles. The third-order valence-electron chi connectivity index (χ3n) is 5.09. The summed E-state index contributed by atoms with van der Waals surface area (Å²) in [5.74, 6) is 0.101. The number of hydrogen-bond donors (Lipinski definition) is 3. The predicted molar refractivity (Wildman–Crippen MR) is 132 cm³/mol. The number of nitrogens with one attached hydrogen (secondary N) is 1. The van der Waals surface area contributed by atoms with Crippen LogP contribution in [0.15, 0.2) is 36.4 Å². The number of nitrogen functional groups attached to an aromatic ring is 1. The molecule has 0 unspecified atom stereocenters. The minimum absolute atomic E-state index is 0.0518. The van der Waals surface area contributed by atoms with Crippen molar-refractivity contribution in [2.24, 2.45) is 5.73 Å². The molecular weight excluding hydrogens is 458 g/mol. The predicted octanol–water partition coefficient (Wildman–Crippen LogP) is 3.61. The van der Waals surface area contributed by atoms with E-state index in [9.17, 15) is 14.4 Å². The Labute approximate surface area is 201 Å². The molecule has 0 bridgehead atoms. The van der Waals surface area contributed by atoms with Gasteiger partial charge in [0.15, 0.2) is 17.3 Å². The number of carbonyl (C=O) groups excluding carboxylic acids is 3. The van der Waals surface area contributed by atoms with E-state index in [-0.39, 0.29) is 18.6 Å². The fraction of sp³-hybridized carbons (Fsp3) is 0.292. The van der Waals surface area contributed by atoms with Gasteiger partial charge in [0, 0.05) is 29.3 Å². The molecule has 0 atom stereocenters. The molecule has 0 saturated carbocycles. The summed E-state index contributed by atoms with van der Waals surface area (Å²) < 4.78 is 16.9. The van der Waals surface area contributed by atoms with Gasteiger partial charge in [-0.05, 0) is 42.1 Å². The first kappa shape index (κ1) is 24.8. The zero-order chi connectivity index (χ0) is 24.7. The van der Waals surface area contributed by atoms with Crippen LogP contribution in [0.5, 0.6) is 11.5 Å². The molecule has 0 fully saturated rings. The van der Waals surface area contributed by atoms with Crippen LogP contribution in [-0.4, -0.2) is 45.0 Å². The molecule has 34 heavy (non-hydrogen) atoms. The standard InChI is InChI=1S/C24H27N3O6S/c1-31-19-11-15-12-22(18(28)6-7-23(29)32-2)34-21(15)13-20(19)33-9-3-8-27-17-5-4-14(24(26)30)10-16(17)25/h4-5,10-13,27H,3,6-9,25H2,1-2H3,(H2,26,30). The smallest absolute Gasteiger partial charge is 0.305 e. The van der Waals surface area contributed by atoms with Crippen molar-refractivity contribution >= 4 is 50.5 Å². The molecule has 5 N–H and O–H groups in total. The number of nitrogens with two attached hydrogens (primary N) is 2. The van der Waals surface area contributed by atoms with E-state index in [4.69, 9.17) is 20.9 Å². The highest BCUT2D eigenvalue weighted by Crippen LogP contribution is 2.37. The third-order valence-corrected chi connectivity index (χ3v) is 6.23. The molecule has 10 heteroatoms. The number of ketones is 1. The SMILES string of the molecule is COC(=O)CCC(=O)c1cc2cc(OC)c(OCCCNc3ccc(C(N)=O)cc3N)cc2s1. The monoisotopic (exact) mass is 485 g/mol. The van der Waals surface area contributed by atoms with Crippen molar-refractivity contribution in [2.45, 2.75) is 19.3 Å². The Morgan fingerprint density at radius 3 is 2.50 bits per heavy atom. The molecule has 0 radical (unpaired) electrons. The molecule has 9 nitrogen and oxygen atoms in total. The molecule has 0 saturated heterocycles. The first-order valence-corrected chi connectivity index (χ1v) is 11.4. The molecule has 180 valence electrons. The van der Waals surface area contributed by atoms with Crippen molar-refractivity contribution in [2.75, 3.05) is 38.4 Å². The molecule has 1 heterocycles. The van der Waals surface area contributed by atoms with Gasteiger partial charge in [0.05, 0.1) is 43.5 Å². The molecule has 2 aromatic carbocycles. The minimum Gasteiger partial charge on any atom is -0.493 e. The summed E-state index contributed by atoms with van der Waals surface area (Å²) in [6.45, 7) is 1.02. The van der Waals surface area contributed by atoms with Crippen LogP contribution in [-0.2, 0) is 9.53 Å². The number of esters is 1. The van der Waals surface area contributed by atoms with E-state index >= 15 is 0 Å². The van der Waals surface area contributed by atoms with Crippen molar-refractivity contribution in [1.29, 1.82) is 0 Å². The van der Waals surface area contributed by atoms with Crippen molar-refractivity contribution in [3.8, 4) is 11.5 Å². The number of benzene rings is 2. The molecule has 1 aromatic heterocycles. The fourth-order valence-corrected chi connectivity index (χ4v) is 4.29. The number of primary amides is 1. The van der Waals surface area contributed by atoms with Gasteiger partial charge in [-0.15, -0.1) is 11.3 Å². The number of amides is 1. The second-order valence-corrected chi connectivity index (χ2v) is 8.53. The summed E-state index contributed by atoms with van der Waals surface area (Å²) in [6, 6.07) is 10.4. The number of carbonyl (C=O) groups is 3. The number of methoxy groups -OCH3 is 2. The Kier molecular flexibility index (Phi) is 8.31. The topological polar surface area (TPSA) is 143 Å². The molecule has 0 aliphatic heterocycles. The van der Waals surface area contributed by atoms with E-state index < -0.39 is 11.9 Å². The lowest BCUT2D eigenvalue weighted by Gasteiger charge is -2.12. The first-order valence-electron chi connectivity index (χ1n) is 10.6. The Morgan fingerprint density at radius 2 is 1.82 bits per heavy atom. The zero-order valence-corrected chi connectivity index (χ0v) is 19.8. The number of anilines is 2. The second kappa shape index (κ2) is 11.4. The Hall–Kier alpha value is -3.79. The number of thiophene rings is 1. The highest BCUT2D eigenvalue weighted by atomic mass is 32.1. The number of rotatable bonds is 12. The van der Waals surface area contributed by atoms with Gasteiger partial charge in [0.1, 0.15) is 0 Å². The summed E-state index contributed by atoms with van der Waals surface area (Å²) in [7, 11) is 2.86. The van der Waals surface area contributed by atoms with Gasteiger partial charge in [-0.1, -0.05) is 0 Å². The van der Waals surface area contributed by atoms with Gasteiger partial charge in [0.2, 0.25) is 5.91 Å². The highest BCUT2D eigenvalue weighted by Gasteiger charge is 2.15. The number of hydrogen-bond acceptors (Lipinski definition) is 9. The number of Topliss-reactive ketones (excluding diaryl/α,β-unsaturated/α-hetero) is 1. The molecule has 3 rings (SSSR count). The summed E-state index contributed by atoms with van der Waals surface area (Å²) in [6.07, 6.45) is 0.832. The van der Waals surface area contributed by atoms with Crippen molar-refractivity contribution in [3.05, 3.63) is 46.8 Å². The van der Waals surface area contributed by atoms with Crippen LogP contribution in [0.4, 0.5) is 11.4 Å². The van der Waals surface area contributed by atoms with Crippen LogP contribution in [0.3, 0.4) is 0 Å². The molecule has 0 spiro atoms. The van der Waals surface area contributed by atoms with Gasteiger partial charge in [-0.2, -0.15) is 0 Å². The quantitative estimate of drug-likeness (QED) is 0.153. The lowest BCUT2D eigenvalue weighted by molar-refractivity contribution is -0.140. The van der Waals surface area contributed by atoms with Crippen LogP contribution in [0.2, 0.25) is 0 Å². The van der Waals surface area contributed by atoms with E-state index in [0.29, 0.717) is 52.9 Å². The van der Waals surface area contributed by atoms with Gasteiger partial charge in [-0.25, -0.2) is 0 Å². The number of fused-ring (bicyclic) bond motifs is 1. The van der Waals surface area contributed by atoms with Crippen LogP contribution in [0, 0.1) is 0 Å². The summed E-state index contributed by atoms with van der Waals surface area (Å²) in [5.41, 5.74) is 12.7. The molecule has 3 aromatic rings. The van der Waals surface area contributed by atoms with Gasteiger partial charge < -0.3 is 31.0 Å². The lowest BCUT2D eigenvalue weighted by Crippen LogP contribution is -2.13. The van der Waals surface area contributed by atoms with Crippen molar-refractivity contribution in [1.82, 2.24) is 0 Å². The number of ether oxygens (including phenoxy) is 3. The maximum atomic E-state index is 12.4. The first-order chi connectivity index (χ1) is 16.3. The average Bonchev–Trinajstić information content (AvgIpc) is 3.25. The maximum Gasteiger partial charge on any atom is 0.305 e. The minimum atomic E-state index is -0.527. The van der Waals surface area contributed by atoms with Crippen LogP contribution in [0.1, 0.15) is 39.3 Å².